The first kappa shape index (κ1) is 27.0. The van der Waals surface area contributed by atoms with Crippen LogP contribution in [0.1, 0.15) is 55.5 Å². The maximum Gasteiger partial charge on any atom is 0.0387 e. The second-order valence-corrected chi connectivity index (χ2v) is 12.8. The van der Waals surface area contributed by atoms with Crippen molar-refractivity contribution in [1.29, 1.82) is 0 Å². The van der Waals surface area contributed by atoms with E-state index in [-0.39, 0.29) is 10.8 Å². The topological polar surface area (TPSA) is 12.0 Å². The number of rotatable bonds is 6. The van der Waals surface area contributed by atoms with Gasteiger partial charge in [-0.3, -0.25) is 0 Å². The Balaban J connectivity index is 1.20. The zero-order chi connectivity index (χ0) is 29.9. The fraction of sp³-hybridized carbons (Fsp3) is 0.143. The molecule has 2 aliphatic rings. The molecule has 0 amide bonds. The first-order chi connectivity index (χ1) is 20.7. The van der Waals surface area contributed by atoms with Crippen LogP contribution in [-0.4, -0.2) is 0 Å². The van der Waals surface area contributed by atoms with E-state index in [1.165, 1.54) is 61.2 Å². The van der Waals surface area contributed by atoms with Gasteiger partial charge in [0, 0.05) is 22.2 Å². The number of hydrogen-bond donors (Lipinski definition) is 1. The van der Waals surface area contributed by atoms with Crippen LogP contribution in [-0.2, 0) is 10.8 Å². The van der Waals surface area contributed by atoms with Gasteiger partial charge in [0.1, 0.15) is 0 Å². The van der Waals surface area contributed by atoms with Gasteiger partial charge in [0.25, 0.3) is 0 Å². The molecule has 2 aliphatic carbocycles. The summed E-state index contributed by atoms with van der Waals surface area (Å²) < 4.78 is 0. The third-order valence-electron chi connectivity index (χ3n) is 9.60. The lowest BCUT2D eigenvalue weighted by atomic mass is 9.81. The molecule has 1 N–H and O–H groups in total. The van der Waals surface area contributed by atoms with E-state index in [9.17, 15) is 0 Å². The fourth-order valence-corrected chi connectivity index (χ4v) is 7.20. The molecule has 0 radical (unpaired) electrons. The van der Waals surface area contributed by atoms with Crippen LogP contribution in [0.5, 0.6) is 0 Å². The minimum Gasteiger partial charge on any atom is -0.356 e. The van der Waals surface area contributed by atoms with E-state index in [1.54, 1.807) is 0 Å². The molecule has 0 saturated carbocycles. The van der Waals surface area contributed by atoms with Gasteiger partial charge in [-0.05, 0) is 103 Å². The van der Waals surface area contributed by atoms with Gasteiger partial charge in [-0.15, -0.1) is 0 Å². The minimum atomic E-state index is -0.114. The van der Waals surface area contributed by atoms with Gasteiger partial charge in [-0.25, -0.2) is 0 Å². The molecule has 0 aromatic heterocycles. The maximum absolute atomic E-state index is 4.01. The Bertz CT molecular complexity index is 1970. The Morgan fingerprint density at radius 2 is 1.07 bits per heavy atom. The molecule has 43 heavy (non-hydrogen) atoms. The van der Waals surface area contributed by atoms with Gasteiger partial charge in [-0.1, -0.05) is 126 Å². The first-order valence-electron chi connectivity index (χ1n) is 15.1. The Hall–Kier alpha value is -4.88. The Kier molecular flexibility index (Phi) is 6.18. The molecule has 1 heteroatoms. The van der Waals surface area contributed by atoms with Crippen molar-refractivity contribution in [2.45, 2.75) is 38.5 Å². The average Bonchev–Trinajstić information content (AvgIpc) is 3.38. The van der Waals surface area contributed by atoms with Crippen molar-refractivity contribution < 1.29 is 0 Å². The van der Waals surface area contributed by atoms with Crippen LogP contribution in [0.3, 0.4) is 0 Å². The molecule has 0 heterocycles. The van der Waals surface area contributed by atoms with Crippen LogP contribution >= 0.6 is 0 Å². The summed E-state index contributed by atoms with van der Waals surface area (Å²) in [6, 6.07) is 38.1. The summed E-state index contributed by atoms with van der Waals surface area (Å²) in [5.41, 5.74) is 17.5. The second-order valence-electron chi connectivity index (χ2n) is 12.8. The van der Waals surface area contributed by atoms with E-state index in [0.29, 0.717) is 0 Å². The summed E-state index contributed by atoms with van der Waals surface area (Å²) in [7, 11) is 0. The van der Waals surface area contributed by atoms with E-state index >= 15 is 0 Å². The van der Waals surface area contributed by atoms with Gasteiger partial charge in [0.05, 0.1) is 0 Å². The number of fused-ring (bicyclic) bond motifs is 6. The maximum atomic E-state index is 4.01. The van der Waals surface area contributed by atoms with Crippen molar-refractivity contribution in [1.82, 2.24) is 0 Å². The molecule has 0 bridgehead atoms. The second kappa shape index (κ2) is 9.85. The molecule has 0 atom stereocenters. The molecule has 0 saturated heterocycles. The third-order valence-corrected chi connectivity index (χ3v) is 9.60. The van der Waals surface area contributed by atoms with Crippen molar-refractivity contribution in [3.8, 4) is 33.4 Å². The molecular weight excluding hydrogens is 518 g/mol. The highest BCUT2D eigenvalue weighted by molar-refractivity contribution is 5.88. The summed E-state index contributed by atoms with van der Waals surface area (Å²) in [6.45, 7) is 17.2. The Labute approximate surface area is 256 Å². The quantitative estimate of drug-likeness (QED) is 0.205. The highest BCUT2D eigenvalue weighted by Gasteiger charge is 2.37. The normalized spacial score (nSPS) is 15.2. The van der Waals surface area contributed by atoms with Gasteiger partial charge >= 0.3 is 0 Å². The summed E-state index contributed by atoms with van der Waals surface area (Å²) in [4.78, 5) is 0. The molecule has 210 valence electrons. The molecule has 0 fully saturated rings. The molecule has 5 aromatic rings. The van der Waals surface area contributed by atoms with Gasteiger partial charge in [0.15, 0.2) is 0 Å². The fourth-order valence-electron chi connectivity index (χ4n) is 7.20. The number of hydrogen-bond acceptors (Lipinski definition) is 1. The van der Waals surface area contributed by atoms with E-state index in [4.69, 9.17) is 0 Å². The molecular formula is C42H37N. The number of benzene rings is 5. The Morgan fingerprint density at radius 1 is 0.558 bits per heavy atom. The smallest absolute Gasteiger partial charge is 0.0387 e. The lowest BCUT2D eigenvalue weighted by Crippen LogP contribution is -2.16. The third kappa shape index (κ3) is 4.22. The van der Waals surface area contributed by atoms with Crippen molar-refractivity contribution in [3.05, 3.63) is 162 Å². The van der Waals surface area contributed by atoms with Crippen molar-refractivity contribution >= 4 is 16.9 Å². The van der Waals surface area contributed by atoms with Gasteiger partial charge < -0.3 is 5.32 Å². The summed E-state index contributed by atoms with van der Waals surface area (Å²) >= 11 is 0. The van der Waals surface area contributed by atoms with E-state index in [1.807, 2.05) is 18.2 Å². The highest BCUT2D eigenvalue weighted by Crippen LogP contribution is 2.52. The van der Waals surface area contributed by atoms with Crippen LogP contribution in [0.4, 0.5) is 11.4 Å². The SMILES string of the molecule is C=CC=C(C=C)c1ccc2c(c1)C(C)(C)c1cc(Nc3ccc4c(c3)C(C)(C)c3cc(-c5ccccc5)ccc3-4)ccc1-2. The van der Waals surface area contributed by atoms with Crippen molar-refractivity contribution in [2.24, 2.45) is 0 Å². The highest BCUT2D eigenvalue weighted by atomic mass is 14.9. The van der Waals surface area contributed by atoms with Crippen LogP contribution in [0.15, 0.2) is 135 Å². The summed E-state index contributed by atoms with van der Waals surface area (Å²) in [5, 5.41) is 3.75. The monoisotopic (exact) mass is 555 g/mol. The molecule has 0 unspecified atom stereocenters. The number of anilines is 2. The molecule has 0 aliphatic heterocycles. The van der Waals surface area contributed by atoms with Crippen LogP contribution < -0.4 is 5.32 Å². The largest absolute Gasteiger partial charge is 0.356 e. The molecule has 0 spiro atoms. The van der Waals surface area contributed by atoms with E-state index in [0.717, 1.165) is 16.9 Å². The molecule has 5 aromatic carbocycles. The van der Waals surface area contributed by atoms with E-state index in [2.05, 4.69) is 149 Å². The van der Waals surface area contributed by atoms with Crippen LogP contribution in [0.2, 0.25) is 0 Å². The lowest BCUT2D eigenvalue weighted by molar-refractivity contribution is 0.660. The summed E-state index contributed by atoms with van der Waals surface area (Å²) in [6.07, 6.45) is 5.74. The van der Waals surface area contributed by atoms with Crippen LogP contribution in [0, 0.1) is 0 Å². The minimum absolute atomic E-state index is 0.0865. The Morgan fingerprint density at radius 3 is 1.63 bits per heavy atom. The molecule has 1 nitrogen and oxygen atoms in total. The zero-order valence-electron chi connectivity index (χ0n) is 25.5. The van der Waals surface area contributed by atoms with Gasteiger partial charge in [-0.2, -0.15) is 0 Å². The zero-order valence-corrected chi connectivity index (χ0v) is 25.5. The standard InChI is InChI=1S/C42H37N/c1-7-12-27(8-2)29-15-19-33-35-21-17-31(25-39(35)41(3,4)37(33)23-29)43-32-18-22-36-34-20-16-30(28-13-10-9-11-14-28)24-38(34)42(5,6)40(36)26-32/h7-26,43H,1-2H2,3-6H3. The van der Waals surface area contributed by atoms with Gasteiger partial charge in [0.2, 0.25) is 0 Å². The number of allylic oxidation sites excluding steroid dienone is 4. The first-order valence-corrected chi connectivity index (χ1v) is 15.1. The van der Waals surface area contributed by atoms with Crippen LogP contribution in [0.25, 0.3) is 39.0 Å². The average molecular weight is 556 g/mol. The predicted molar refractivity (Wildman–Crippen MR) is 185 cm³/mol. The number of nitrogens with one attached hydrogen (secondary N) is 1. The molecule has 7 rings (SSSR count). The lowest BCUT2D eigenvalue weighted by Gasteiger charge is -2.24. The van der Waals surface area contributed by atoms with Crippen molar-refractivity contribution in [3.63, 3.8) is 0 Å². The van der Waals surface area contributed by atoms with Crippen molar-refractivity contribution in [2.75, 3.05) is 5.32 Å². The summed E-state index contributed by atoms with van der Waals surface area (Å²) in [5.74, 6) is 0. The predicted octanol–water partition coefficient (Wildman–Crippen LogP) is 11.5. The van der Waals surface area contributed by atoms with E-state index < -0.39 is 0 Å².